The van der Waals surface area contributed by atoms with E-state index >= 15 is 0 Å². The highest BCUT2D eigenvalue weighted by atomic mass is 16.5. The first-order chi connectivity index (χ1) is 16.6. The number of carbonyl (C=O) groups excluding carboxylic acids is 2. The third-order valence-corrected chi connectivity index (χ3v) is 6.46. The zero-order chi connectivity index (χ0) is 24.1. The molecule has 0 spiro atoms. The highest BCUT2D eigenvalue weighted by Crippen LogP contribution is 2.41. The largest absolute Gasteiger partial charge is 0.496 e. The number of benzene rings is 1. The molecule has 2 aromatic heterocycles. The van der Waals surface area contributed by atoms with Crippen molar-refractivity contribution in [3.05, 3.63) is 71.5 Å². The Bertz CT molecular complexity index is 1230. The minimum Gasteiger partial charge on any atom is -0.496 e. The number of nitrogens with zero attached hydrogens (tertiary/aromatic N) is 3. The maximum atomic E-state index is 13.4. The zero-order valence-corrected chi connectivity index (χ0v) is 19.6. The summed E-state index contributed by atoms with van der Waals surface area (Å²) in [4.78, 5) is 28.1. The molecule has 1 fully saturated rings. The molecule has 0 unspecified atom stereocenters. The summed E-state index contributed by atoms with van der Waals surface area (Å²) in [6, 6.07) is 14.9. The van der Waals surface area contributed by atoms with Gasteiger partial charge in [-0.2, -0.15) is 5.26 Å². The third-order valence-electron chi connectivity index (χ3n) is 6.46. The predicted molar refractivity (Wildman–Crippen MR) is 127 cm³/mol. The molecular formula is C27H29N3O4. The first-order valence-corrected chi connectivity index (χ1v) is 11.7. The van der Waals surface area contributed by atoms with Gasteiger partial charge in [0.05, 0.1) is 30.1 Å². The average Bonchev–Trinajstić information content (AvgIpc) is 3.23. The number of likely N-dealkylation sites (tertiary alicyclic amines) is 1. The molecule has 7 nitrogen and oxygen atoms in total. The van der Waals surface area contributed by atoms with Crippen molar-refractivity contribution in [1.29, 1.82) is 5.26 Å². The predicted octanol–water partition coefficient (Wildman–Crippen LogP) is 4.64. The number of amides is 1. The minimum absolute atomic E-state index is 0.00145. The number of methoxy groups -OCH3 is 1. The molecule has 34 heavy (non-hydrogen) atoms. The van der Waals surface area contributed by atoms with E-state index in [1.807, 2.05) is 64.2 Å². The van der Waals surface area contributed by atoms with Gasteiger partial charge in [0.1, 0.15) is 18.4 Å². The molecule has 1 aromatic carbocycles. The summed E-state index contributed by atoms with van der Waals surface area (Å²) in [5, 5.41) is 9.65. The van der Waals surface area contributed by atoms with E-state index in [4.69, 9.17) is 9.47 Å². The van der Waals surface area contributed by atoms with E-state index in [-0.39, 0.29) is 18.5 Å². The van der Waals surface area contributed by atoms with Crippen molar-refractivity contribution in [2.24, 2.45) is 5.92 Å². The molecule has 0 saturated carbocycles. The van der Waals surface area contributed by atoms with E-state index in [2.05, 4.69) is 13.0 Å². The number of unbranched alkanes of at least 4 members (excludes halogenated alkanes) is 1. The summed E-state index contributed by atoms with van der Waals surface area (Å²) < 4.78 is 13.2. The van der Waals surface area contributed by atoms with Gasteiger partial charge in [0.2, 0.25) is 5.91 Å². The summed E-state index contributed by atoms with van der Waals surface area (Å²) in [6.45, 7) is 2.65. The summed E-state index contributed by atoms with van der Waals surface area (Å²) in [6.07, 6.45) is 6.17. The Morgan fingerprint density at radius 3 is 2.76 bits per heavy atom. The average molecular weight is 460 g/mol. The summed E-state index contributed by atoms with van der Waals surface area (Å²) in [7, 11) is 1.59. The quantitative estimate of drug-likeness (QED) is 0.458. The Hall–Kier alpha value is -3.79. The Kier molecular flexibility index (Phi) is 7.17. The SMILES string of the molecule is CCCCN1C(=O)CC[C@@H](C(=O)OCc2cn3ccccc3c2C#N)[C@@H]1c1ccccc1OC. The van der Waals surface area contributed by atoms with Gasteiger partial charge in [-0.3, -0.25) is 9.59 Å². The Balaban J connectivity index is 1.62. The lowest BCUT2D eigenvalue weighted by molar-refractivity contribution is -0.158. The molecule has 176 valence electrons. The number of fused-ring (bicyclic) bond motifs is 1. The van der Waals surface area contributed by atoms with Crippen LogP contribution in [0, 0.1) is 17.2 Å². The molecule has 3 aromatic rings. The normalized spacial score (nSPS) is 18.0. The van der Waals surface area contributed by atoms with Gasteiger partial charge in [0.25, 0.3) is 0 Å². The van der Waals surface area contributed by atoms with E-state index in [1.165, 1.54) is 0 Å². The standard InChI is InChI=1S/C27H29N3O4/c1-3-4-15-30-25(31)13-12-21(26(30)20-9-5-6-11-24(20)33-2)27(32)34-18-19-17-29-14-8-7-10-23(29)22(19)16-28/h5-11,14,17,21,26H,3-4,12-13,15,18H2,1-2H3/t21-,26+/m1/s1. The Labute approximate surface area is 199 Å². The fraction of sp³-hybridized carbons (Fsp3) is 0.370. The molecule has 1 aliphatic rings. The molecule has 0 bridgehead atoms. The molecule has 1 saturated heterocycles. The lowest BCUT2D eigenvalue weighted by Crippen LogP contribution is -2.46. The lowest BCUT2D eigenvalue weighted by atomic mass is 9.83. The van der Waals surface area contributed by atoms with Crippen LogP contribution in [0.5, 0.6) is 5.75 Å². The molecule has 4 rings (SSSR count). The number of piperidine rings is 1. The molecule has 7 heteroatoms. The van der Waals surface area contributed by atoms with Gasteiger partial charge in [0.15, 0.2) is 0 Å². The number of aromatic nitrogens is 1. The van der Waals surface area contributed by atoms with Gasteiger partial charge in [-0.1, -0.05) is 37.6 Å². The Morgan fingerprint density at radius 1 is 1.21 bits per heavy atom. The van der Waals surface area contributed by atoms with Gasteiger partial charge in [-0.25, -0.2) is 0 Å². The number of hydrogen-bond donors (Lipinski definition) is 0. The monoisotopic (exact) mass is 459 g/mol. The van der Waals surface area contributed by atoms with Crippen LogP contribution in [0.25, 0.3) is 5.52 Å². The summed E-state index contributed by atoms with van der Waals surface area (Å²) in [5.41, 5.74) is 2.74. The molecule has 0 aliphatic carbocycles. The second-order valence-electron chi connectivity index (χ2n) is 8.51. The van der Waals surface area contributed by atoms with Crippen molar-refractivity contribution in [1.82, 2.24) is 9.30 Å². The van der Waals surface area contributed by atoms with Crippen LogP contribution in [-0.4, -0.2) is 34.8 Å². The molecular weight excluding hydrogens is 430 g/mol. The van der Waals surface area contributed by atoms with Crippen molar-refractivity contribution in [3.63, 3.8) is 0 Å². The third kappa shape index (κ3) is 4.49. The molecule has 0 radical (unpaired) electrons. The van der Waals surface area contributed by atoms with Crippen molar-refractivity contribution in [2.75, 3.05) is 13.7 Å². The minimum atomic E-state index is -0.520. The summed E-state index contributed by atoms with van der Waals surface area (Å²) in [5.74, 6) is -0.205. The van der Waals surface area contributed by atoms with Crippen molar-refractivity contribution >= 4 is 17.4 Å². The van der Waals surface area contributed by atoms with E-state index in [1.54, 1.807) is 7.11 Å². The number of pyridine rings is 1. The van der Waals surface area contributed by atoms with Crippen LogP contribution in [0.1, 0.15) is 55.3 Å². The van der Waals surface area contributed by atoms with Gasteiger partial charge in [-0.15, -0.1) is 0 Å². The van der Waals surface area contributed by atoms with Crippen LogP contribution in [0.4, 0.5) is 0 Å². The van der Waals surface area contributed by atoms with Crippen molar-refractivity contribution in [3.8, 4) is 11.8 Å². The maximum absolute atomic E-state index is 13.4. The zero-order valence-electron chi connectivity index (χ0n) is 19.6. The van der Waals surface area contributed by atoms with Crippen LogP contribution < -0.4 is 4.74 Å². The molecule has 1 amide bonds. The van der Waals surface area contributed by atoms with Gasteiger partial charge in [-0.05, 0) is 31.0 Å². The number of esters is 1. The molecule has 2 atom stereocenters. The molecule has 0 N–H and O–H groups in total. The number of rotatable bonds is 8. The number of nitriles is 1. The smallest absolute Gasteiger partial charge is 0.311 e. The second kappa shape index (κ2) is 10.4. The van der Waals surface area contributed by atoms with E-state index < -0.39 is 12.0 Å². The fourth-order valence-electron chi connectivity index (χ4n) is 4.76. The summed E-state index contributed by atoms with van der Waals surface area (Å²) >= 11 is 0. The lowest BCUT2D eigenvalue weighted by Gasteiger charge is -2.40. The number of para-hydroxylation sites is 1. The second-order valence-corrected chi connectivity index (χ2v) is 8.51. The highest BCUT2D eigenvalue weighted by Gasteiger charge is 2.42. The van der Waals surface area contributed by atoms with Gasteiger partial charge in [0, 0.05) is 36.5 Å². The van der Waals surface area contributed by atoms with Crippen LogP contribution in [-0.2, 0) is 20.9 Å². The highest BCUT2D eigenvalue weighted by molar-refractivity contribution is 5.83. The number of carbonyl (C=O) groups is 2. The molecule has 1 aliphatic heterocycles. The van der Waals surface area contributed by atoms with Crippen molar-refractivity contribution in [2.45, 2.75) is 45.3 Å². The van der Waals surface area contributed by atoms with Crippen LogP contribution >= 0.6 is 0 Å². The fourth-order valence-corrected chi connectivity index (χ4v) is 4.76. The van der Waals surface area contributed by atoms with Crippen LogP contribution in [0.2, 0.25) is 0 Å². The molecule has 3 heterocycles. The van der Waals surface area contributed by atoms with Crippen molar-refractivity contribution < 1.29 is 19.1 Å². The van der Waals surface area contributed by atoms with Gasteiger partial charge >= 0.3 is 5.97 Å². The van der Waals surface area contributed by atoms with Crippen LogP contribution in [0.3, 0.4) is 0 Å². The maximum Gasteiger partial charge on any atom is 0.311 e. The van der Waals surface area contributed by atoms with Gasteiger partial charge < -0.3 is 18.8 Å². The first-order valence-electron chi connectivity index (χ1n) is 11.7. The van der Waals surface area contributed by atoms with E-state index in [0.717, 1.165) is 23.9 Å². The van der Waals surface area contributed by atoms with E-state index in [0.29, 0.717) is 36.3 Å². The topological polar surface area (TPSA) is 84.0 Å². The first kappa shape index (κ1) is 23.4. The number of hydrogen-bond acceptors (Lipinski definition) is 5. The Morgan fingerprint density at radius 2 is 2.00 bits per heavy atom. The van der Waals surface area contributed by atoms with E-state index in [9.17, 15) is 14.9 Å². The van der Waals surface area contributed by atoms with Crippen LogP contribution in [0.15, 0.2) is 54.9 Å². The number of ether oxygens (including phenoxy) is 2.